The third-order valence-electron chi connectivity index (χ3n) is 3.05. The minimum atomic E-state index is -3.85. The van der Waals surface area contributed by atoms with E-state index in [-0.39, 0.29) is 10.5 Å². The lowest BCUT2D eigenvalue weighted by Gasteiger charge is -2.07. The molecule has 0 radical (unpaired) electrons. The van der Waals surface area contributed by atoms with Crippen molar-refractivity contribution in [2.45, 2.75) is 50.8 Å². The molecule has 0 heterocycles. The van der Waals surface area contributed by atoms with Gasteiger partial charge in [0.25, 0.3) is 9.05 Å². The summed E-state index contributed by atoms with van der Waals surface area (Å²) in [5, 5.41) is 0. The van der Waals surface area contributed by atoms with Crippen molar-refractivity contribution in [3.8, 4) is 0 Å². The SMILES string of the molecule is CCCCCCCOC(=O)c1cc(C)cc(S(=O)(=O)Cl)c1. The molecule has 0 amide bonds. The van der Waals surface area contributed by atoms with Crippen molar-refractivity contribution < 1.29 is 17.9 Å². The fourth-order valence-corrected chi connectivity index (χ4v) is 2.82. The summed E-state index contributed by atoms with van der Waals surface area (Å²) in [6, 6.07) is 4.25. The van der Waals surface area contributed by atoms with Crippen molar-refractivity contribution in [3.63, 3.8) is 0 Å². The van der Waals surface area contributed by atoms with E-state index in [9.17, 15) is 13.2 Å². The Hall–Kier alpha value is -1.07. The predicted molar refractivity (Wildman–Crippen MR) is 83.3 cm³/mol. The first-order valence-corrected chi connectivity index (χ1v) is 9.39. The van der Waals surface area contributed by atoms with Crippen molar-refractivity contribution in [2.75, 3.05) is 6.61 Å². The highest BCUT2D eigenvalue weighted by Gasteiger charge is 2.15. The molecule has 0 spiro atoms. The first-order chi connectivity index (χ1) is 9.84. The maximum Gasteiger partial charge on any atom is 0.338 e. The second-order valence-electron chi connectivity index (χ2n) is 5.02. The number of unbranched alkanes of at least 4 members (excludes halogenated alkanes) is 4. The average Bonchev–Trinajstić information content (AvgIpc) is 2.40. The Bertz CT molecular complexity index is 581. The van der Waals surface area contributed by atoms with Gasteiger partial charge in [-0.3, -0.25) is 0 Å². The van der Waals surface area contributed by atoms with Gasteiger partial charge in [0.15, 0.2) is 0 Å². The molecule has 1 aromatic carbocycles. The molecule has 1 aromatic rings. The van der Waals surface area contributed by atoms with Crippen molar-refractivity contribution >= 4 is 25.7 Å². The number of esters is 1. The van der Waals surface area contributed by atoms with E-state index >= 15 is 0 Å². The zero-order chi connectivity index (χ0) is 15.9. The van der Waals surface area contributed by atoms with E-state index in [1.807, 2.05) is 0 Å². The van der Waals surface area contributed by atoms with Gasteiger partial charge in [-0.05, 0) is 37.1 Å². The van der Waals surface area contributed by atoms with Crippen LogP contribution in [-0.4, -0.2) is 21.0 Å². The number of carbonyl (C=O) groups is 1. The summed E-state index contributed by atoms with van der Waals surface area (Å²) in [6.45, 7) is 4.19. The van der Waals surface area contributed by atoms with Gasteiger partial charge in [0.05, 0.1) is 17.1 Å². The highest BCUT2D eigenvalue weighted by Crippen LogP contribution is 2.19. The van der Waals surface area contributed by atoms with Crippen LogP contribution in [0.4, 0.5) is 0 Å². The summed E-state index contributed by atoms with van der Waals surface area (Å²) >= 11 is 0. The Balaban J connectivity index is 2.60. The summed E-state index contributed by atoms with van der Waals surface area (Å²) < 4.78 is 27.8. The number of benzene rings is 1. The first kappa shape index (κ1) is 18.0. The number of ether oxygens (including phenoxy) is 1. The van der Waals surface area contributed by atoms with Gasteiger partial charge in [0.1, 0.15) is 0 Å². The summed E-state index contributed by atoms with van der Waals surface area (Å²) in [5.74, 6) is -0.518. The third kappa shape index (κ3) is 6.48. The number of halogens is 1. The Morgan fingerprint density at radius 1 is 1.14 bits per heavy atom. The molecule has 1 rings (SSSR count). The van der Waals surface area contributed by atoms with Crippen LogP contribution in [-0.2, 0) is 13.8 Å². The van der Waals surface area contributed by atoms with Crippen LogP contribution in [0.15, 0.2) is 23.1 Å². The van der Waals surface area contributed by atoms with E-state index in [2.05, 4.69) is 6.92 Å². The smallest absolute Gasteiger partial charge is 0.338 e. The molecule has 118 valence electrons. The third-order valence-corrected chi connectivity index (χ3v) is 4.38. The summed E-state index contributed by atoms with van der Waals surface area (Å²) in [4.78, 5) is 11.8. The van der Waals surface area contributed by atoms with Crippen LogP contribution < -0.4 is 0 Å². The molecule has 0 N–H and O–H groups in total. The summed E-state index contributed by atoms with van der Waals surface area (Å²) in [5.41, 5.74) is 0.856. The molecule has 0 unspecified atom stereocenters. The molecule has 0 aromatic heterocycles. The number of carbonyl (C=O) groups excluding carboxylic acids is 1. The fourth-order valence-electron chi connectivity index (χ4n) is 1.96. The minimum Gasteiger partial charge on any atom is -0.462 e. The van der Waals surface area contributed by atoms with Gasteiger partial charge in [-0.2, -0.15) is 0 Å². The molecular formula is C15H21ClO4S. The molecule has 4 nitrogen and oxygen atoms in total. The van der Waals surface area contributed by atoms with Crippen LogP contribution in [0.1, 0.15) is 54.9 Å². The maximum absolute atomic E-state index is 11.9. The minimum absolute atomic E-state index is 0.0842. The van der Waals surface area contributed by atoms with Crippen molar-refractivity contribution in [1.82, 2.24) is 0 Å². The standard InChI is InChI=1S/C15H21ClO4S/c1-3-4-5-6-7-8-20-15(17)13-9-12(2)10-14(11-13)21(16,18)19/h9-11H,3-8H2,1-2H3. The van der Waals surface area contributed by atoms with Gasteiger partial charge in [-0.25, -0.2) is 13.2 Å². The molecule has 0 saturated carbocycles. The molecule has 0 fully saturated rings. The quantitative estimate of drug-likeness (QED) is 0.409. The highest BCUT2D eigenvalue weighted by atomic mass is 35.7. The van der Waals surface area contributed by atoms with Gasteiger partial charge in [-0.1, -0.05) is 32.6 Å². The molecular weight excluding hydrogens is 312 g/mol. The summed E-state index contributed by atoms with van der Waals surface area (Å²) in [6.07, 6.45) is 5.32. The molecule has 0 aliphatic rings. The van der Waals surface area contributed by atoms with Crippen LogP contribution in [0.3, 0.4) is 0 Å². The van der Waals surface area contributed by atoms with E-state index in [4.69, 9.17) is 15.4 Å². The second kappa shape index (κ2) is 8.39. The van der Waals surface area contributed by atoms with Crippen LogP contribution in [0.5, 0.6) is 0 Å². The van der Waals surface area contributed by atoms with Crippen LogP contribution >= 0.6 is 10.7 Å². The second-order valence-corrected chi connectivity index (χ2v) is 7.59. The molecule has 0 bridgehead atoms. The Kier molecular flexibility index (Phi) is 7.18. The predicted octanol–water partition coefficient (Wildman–Crippen LogP) is 4.05. The normalized spacial score (nSPS) is 11.4. The molecule has 0 saturated heterocycles. The Morgan fingerprint density at radius 3 is 2.43 bits per heavy atom. The molecule has 0 aliphatic carbocycles. The van der Waals surface area contributed by atoms with Crippen LogP contribution in [0.2, 0.25) is 0 Å². The fraction of sp³-hybridized carbons (Fsp3) is 0.533. The topological polar surface area (TPSA) is 60.4 Å². The van der Waals surface area contributed by atoms with Crippen LogP contribution in [0.25, 0.3) is 0 Å². The Labute approximate surface area is 130 Å². The highest BCUT2D eigenvalue weighted by molar-refractivity contribution is 8.13. The molecule has 6 heteroatoms. The van der Waals surface area contributed by atoms with E-state index in [0.717, 1.165) is 19.3 Å². The van der Waals surface area contributed by atoms with Crippen molar-refractivity contribution in [1.29, 1.82) is 0 Å². The maximum atomic E-state index is 11.9. The summed E-state index contributed by atoms with van der Waals surface area (Å²) in [7, 11) is 1.45. The zero-order valence-electron chi connectivity index (χ0n) is 12.4. The number of hydrogen-bond acceptors (Lipinski definition) is 4. The monoisotopic (exact) mass is 332 g/mol. The lowest BCUT2D eigenvalue weighted by molar-refractivity contribution is 0.0497. The van der Waals surface area contributed by atoms with E-state index in [1.165, 1.54) is 25.0 Å². The number of hydrogen-bond donors (Lipinski definition) is 0. The average molecular weight is 333 g/mol. The van der Waals surface area contributed by atoms with E-state index in [0.29, 0.717) is 12.2 Å². The van der Waals surface area contributed by atoms with Crippen molar-refractivity contribution in [2.24, 2.45) is 0 Å². The van der Waals surface area contributed by atoms with Gasteiger partial charge in [0, 0.05) is 10.7 Å². The van der Waals surface area contributed by atoms with Gasteiger partial charge in [-0.15, -0.1) is 0 Å². The Morgan fingerprint density at radius 2 is 1.81 bits per heavy atom. The first-order valence-electron chi connectivity index (χ1n) is 7.08. The molecule has 0 aliphatic heterocycles. The van der Waals surface area contributed by atoms with Gasteiger partial charge >= 0.3 is 5.97 Å². The van der Waals surface area contributed by atoms with Gasteiger partial charge < -0.3 is 4.74 Å². The number of aryl methyl sites for hydroxylation is 1. The van der Waals surface area contributed by atoms with Crippen molar-refractivity contribution in [3.05, 3.63) is 29.3 Å². The lowest BCUT2D eigenvalue weighted by Crippen LogP contribution is -2.08. The van der Waals surface area contributed by atoms with E-state index < -0.39 is 15.0 Å². The zero-order valence-corrected chi connectivity index (χ0v) is 14.0. The number of rotatable bonds is 8. The lowest BCUT2D eigenvalue weighted by atomic mass is 10.1. The molecule has 21 heavy (non-hydrogen) atoms. The largest absolute Gasteiger partial charge is 0.462 e. The van der Waals surface area contributed by atoms with Crippen LogP contribution in [0, 0.1) is 6.92 Å². The van der Waals surface area contributed by atoms with E-state index in [1.54, 1.807) is 13.0 Å². The molecule has 0 atom stereocenters. The van der Waals surface area contributed by atoms with Gasteiger partial charge in [0.2, 0.25) is 0 Å².